The molecule has 1 fully saturated rings. The average Bonchev–Trinajstić information content (AvgIpc) is 2.19. The Kier molecular flexibility index (Phi) is 3.20. The third kappa shape index (κ3) is 2.76. The fourth-order valence-electron chi connectivity index (χ4n) is 1.69. The van der Waals surface area contributed by atoms with E-state index in [4.69, 9.17) is 5.73 Å². The minimum atomic E-state index is -0.299. The first-order chi connectivity index (χ1) is 7.57. The molecule has 16 heavy (non-hydrogen) atoms. The molecule has 6 heteroatoms. The van der Waals surface area contributed by atoms with Gasteiger partial charge in [0.15, 0.2) is 5.82 Å². The highest BCUT2D eigenvalue weighted by molar-refractivity contribution is 9.10. The molecule has 0 aromatic carbocycles. The Morgan fingerprint density at radius 3 is 2.75 bits per heavy atom. The number of aromatic nitrogens is 2. The van der Waals surface area contributed by atoms with Crippen LogP contribution in [0, 0.1) is 0 Å². The smallest absolute Gasteiger partial charge is 0.227 e. The van der Waals surface area contributed by atoms with E-state index in [0.29, 0.717) is 16.8 Å². The number of hydrogen-bond acceptors (Lipinski definition) is 4. The SMILES string of the molecule is NC1(CC(=O)Nc2cnc(Br)cn2)CCC1. The highest BCUT2D eigenvalue weighted by Crippen LogP contribution is 2.32. The zero-order chi connectivity index (χ0) is 11.6. The van der Waals surface area contributed by atoms with Gasteiger partial charge in [0.25, 0.3) is 0 Å². The minimum Gasteiger partial charge on any atom is -0.325 e. The van der Waals surface area contributed by atoms with Gasteiger partial charge in [0.05, 0.1) is 12.4 Å². The summed E-state index contributed by atoms with van der Waals surface area (Å²) in [5.74, 6) is 0.356. The van der Waals surface area contributed by atoms with Crippen molar-refractivity contribution in [1.82, 2.24) is 9.97 Å². The van der Waals surface area contributed by atoms with E-state index < -0.39 is 0 Å². The average molecular weight is 285 g/mol. The third-order valence-electron chi connectivity index (χ3n) is 2.75. The number of nitrogens with two attached hydrogens (primary N) is 1. The van der Waals surface area contributed by atoms with Crippen molar-refractivity contribution in [3.05, 3.63) is 17.0 Å². The van der Waals surface area contributed by atoms with E-state index in [2.05, 4.69) is 31.2 Å². The van der Waals surface area contributed by atoms with Gasteiger partial charge >= 0.3 is 0 Å². The quantitative estimate of drug-likeness (QED) is 0.880. The third-order valence-corrected chi connectivity index (χ3v) is 3.16. The lowest BCUT2D eigenvalue weighted by atomic mass is 9.75. The molecular weight excluding hydrogens is 272 g/mol. The topological polar surface area (TPSA) is 80.9 Å². The van der Waals surface area contributed by atoms with Gasteiger partial charge in [-0.25, -0.2) is 9.97 Å². The summed E-state index contributed by atoms with van der Waals surface area (Å²) in [6.07, 6.45) is 6.36. The van der Waals surface area contributed by atoms with E-state index in [-0.39, 0.29) is 11.4 Å². The van der Waals surface area contributed by atoms with Crippen molar-refractivity contribution >= 4 is 27.7 Å². The van der Waals surface area contributed by atoms with Gasteiger partial charge in [-0.05, 0) is 35.2 Å². The fraction of sp³-hybridized carbons (Fsp3) is 0.500. The number of anilines is 1. The molecule has 0 spiro atoms. The summed E-state index contributed by atoms with van der Waals surface area (Å²) in [6, 6.07) is 0. The van der Waals surface area contributed by atoms with Gasteiger partial charge in [-0.2, -0.15) is 0 Å². The van der Waals surface area contributed by atoms with Crippen molar-refractivity contribution in [1.29, 1.82) is 0 Å². The standard InChI is InChI=1S/C10H13BrN4O/c11-7-5-14-8(6-13-7)15-9(16)4-10(12)2-1-3-10/h5-6H,1-4,12H2,(H,14,15,16). The number of amides is 1. The van der Waals surface area contributed by atoms with Crippen molar-refractivity contribution in [3.63, 3.8) is 0 Å². The van der Waals surface area contributed by atoms with E-state index in [1.54, 1.807) is 0 Å². The van der Waals surface area contributed by atoms with Crippen LogP contribution in [0.25, 0.3) is 0 Å². The zero-order valence-electron chi connectivity index (χ0n) is 8.74. The maximum atomic E-state index is 11.6. The van der Waals surface area contributed by atoms with Crippen LogP contribution in [0.1, 0.15) is 25.7 Å². The Labute approximate surface area is 102 Å². The largest absolute Gasteiger partial charge is 0.325 e. The molecule has 2 rings (SSSR count). The van der Waals surface area contributed by atoms with Gasteiger partial charge in [-0.15, -0.1) is 0 Å². The predicted octanol–water partition coefficient (Wildman–Crippen LogP) is 1.45. The molecule has 0 radical (unpaired) electrons. The van der Waals surface area contributed by atoms with Gasteiger partial charge in [0, 0.05) is 12.0 Å². The lowest BCUT2D eigenvalue weighted by Crippen LogP contribution is -2.48. The molecule has 1 saturated carbocycles. The summed E-state index contributed by atoms with van der Waals surface area (Å²) in [6.45, 7) is 0. The number of rotatable bonds is 3. The van der Waals surface area contributed by atoms with Gasteiger partial charge in [0.1, 0.15) is 4.60 Å². The highest BCUT2D eigenvalue weighted by atomic mass is 79.9. The van der Waals surface area contributed by atoms with E-state index in [9.17, 15) is 4.79 Å². The van der Waals surface area contributed by atoms with Gasteiger partial charge < -0.3 is 11.1 Å². The lowest BCUT2D eigenvalue weighted by molar-refractivity contribution is -0.118. The Morgan fingerprint density at radius 1 is 1.50 bits per heavy atom. The first-order valence-electron chi connectivity index (χ1n) is 5.14. The number of nitrogens with zero attached hydrogens (tertiary/aromatic N) is 2. The maximum absolute atomic E-state index is 11.6. The second kappa shape index (κ2) is 4.47. The number of hydrogen-bond donors (Lipinski definition) is 2. The molecule has 0 saturated heterocycles. The van der Waals surface area contributed by atoms with Crippen LogP contribution in [0.5, 0.6) is 0 Å². The molecule has 1 aromatic heterocycles. The van der Waals surface area contributed by atoms with Crippen molar-refractivity contribution < 1.29 is 4.79 Å². The van der Waals surface area contributed by atoms with Gasteiger partial charge in [-0.1, -0.05) is 0 Å². The van der Waals surface area contributed by atoms with E-state index >= 15 is 0 Å². The first kappa shape index (κ1) is 11.5. The Bertz CT molecular complexity index is 388. The summed E-state index contributed by atoms with van der Waals surface area (Å²) < 4.78 is 0.639. The van der Waals surface area contributed by atoms with E-state index in [1.807, 2.05) is 0 Å². The molecule has 86 valence electrons. The summed E-state index contributed by atoms with van der Waals surface area (Å²) in [5, 5.41) is 2.68. The monoisotopic (exact) mass is 284 g/mol. The molecule has 5 nitrogen and oxygen atoms in total. The van der Waals surface area contributed by atoms with Crippen LogP contribution in [0.2, 0.25) is 0 Å². The predicted molar refractivity (Wildman–Crippen MR) is 63.7 cm³/mol. The molecule has 1 amide bonds. The Hall–Kier alpha value is -1.01. The normalized spacial score (nSPS) is 17.6. The number of carbonyl (C=O) groups is 1. The lowest BCUT2D eigenvalue weighted by Gasteiger charge is -2.37. The number of halogens is 1. The Balaban J connectivity index is 1.89. The molecule has 0 unspecified atom stereocenters. The van der Waals surface area contributed by atoms with Crippen LogP contribution in [0.3, 0.4) is 0 Å². The Morgan fingerprint density at radius 2 is 2.25 bits per heavy atom. The second-order valence-corrected chi connectivity index (χ2v) is 4.98. The molecule has 1 heterocycles. The second-order valence-electron chi connectivity index (χ2n) is 4.17. The van der Waals surface area contributed by atoms with Crippen molar-refractivity contribution in [2.75, 3.05) is 5.32 Å². The molecule has 1 aliphatic carbocycles. The fourth-order valence-corrected chi connectivity index (χ4v) is 1.90. The van der Waals surface area contributed by atoms with Crippen LogP contribution >= 0.6 is 15.9 Å². The molecule has 0 atom stereocenters. The van der Waals surface area contributed by atoms with Crippen molar-refractivity contribution in [2.45, 2.75) is 31.2 Å². The summed E-state index contributed by atoms with van der Waals surface area (Å²) in [5.41, 5.74) is 5.68. The van der Waals surface area contributed by atoms with Crippen LogP contribution in [-0.4, -0.2) is 21.4 Å². The van der Waals surface area contributed by atoms with Gasteiger partial charge in [0.2, 0.25) is 5.91 Å². The van der Waals surface area contributed by atoms with Crippen LogP contribution in [-0.2, 0) is 4.79 Å². The molecule has 3 N–H and O–H groups in total. The zero-order valence-corrected chi connectivity index (χ0v) is 10.3. The maximum Gasteiger partial charge on any atom is 0.227 e. The molecule has 0 aliphatic heterocycles. The molecule has 0 bridgehead atoms. The van der Waals surface area contributed by atoms with Crippen LogP contribution < -0.4 is 11.1 Å². The van der Waals surface area contributed by atoms with Gasteiger partial charge in [-0.3, -0.25) is 4.79 Å². The van der Waals surface area contributed by atoms with E-state index in [0.717, 1.165) is 19.3 Å². The van der Waals surface area contributed by atoms with Crippen molar-refractivity contribution in [2.24, 2.45) is 5.73 Å². The summed E-state index contributed by atoms with van der Waals surface area (Å²) in [4.78, 5) is 19.6. The minimum absolute atomic E-state index is 0.0983. The number of nitrogens with one attached hydrogen (secondary N) is 1. The van der Waals surface area contributed by atoms with Crippen molar-refractivity contribution in [3.8, 4) is 0 Å². The molecule has 1 aliphatic rings. The highest BCUT2D eigenvalue weighted by Gasteiger charge is 2.34. The van der Waals surface area contributed by atoms with Crippen LogP contribution in [0.4, 0.5) is 5.82 Å². The van der Waals surface area contributed by atoms with Crippen LogP contribution in [0.15, 0.2) is 17.0 Å². The molecular formula is C10H13BrN4O. The number of carbonyl (C=O) groups excluding carboxylic acids is 1. The first-order valence-corrected chi connectivity index (χ1v) is 5.93. The summed E-state index contributed by atoms with van der Waals surface area (Å²) in [7, 11) is 0. The van der Waals surface area contributed by atoms with E-state index in [1.165, 1.54) is 12.4 Å². The summed E-state index contributed by atoms with van der Waals surface area (Å²) >= 11 is 3.17. The molecule has 1 aromatic rings.